The van der Waals surface area contributed by atoms with E-state index in [9.17, 15) is 14.7 Å². The van der Waals surface area contributed by atoms with Crippen molar-refractivity contribution in [3.63, 3.8) is 0 Å². The van der Waals surface area contributed by atoms with Gasteiger partial charge in [-0.1, -0.05) is 30.3 Å². The van der Waals surface area contributed by atoms with Crippen molar-refractivity contribution in [1.82, 2.24) is 4.90 Å². The fourth-order valence-electron chi connectivity index (χ4n) is 2.62. The van der Waals surface area contributed by atoms with Crippen molar-refractivity contribution < 1.29 is 24.2 Å². The predicted octanol–water partition coefficient (Wildman–Crippen LogP) is 2.37. The van der Waals surface area contributed by atoms with E-state index in [1.165, 1.54) is 23.3 Å². The Morgan fingerprint density at radius 2 is 1.96 bits per heavy atom. The number of hydrogen-bond acceptors (Lipinski definition) is 6. The van der Waals surface area contributed by atoms with Gasteiger partial charge in [0, 0.05) is 10.9 Å². The lowest BCUT2D eigenvalue weighted by molar-refractivity contribution is -0.0951. The minimum Gasteiger partial charge on any atom is -0.465 e. The molecule has 6 nitrogen and oxygen atoms in total. The normalized spacial score (nSPS) is 15.5. The van der Waals surface area contributed by atoms with E-state index < -0.39 is 17.7 Å². The maximum Gasteiger partial charge on any atom is 0.410 e. The van der Waals surface area contributed by atoms with Crippen LogP contribution in [0.25, 0.3) is 0 Å². The Balaban J connectivity index is 1.59. The summed E-state index contributed by atoms with van der Waals surface area (Å²) in [7, 11) is 1.29. The highest BCUT2D eigenvalue weighted by atomic mass is 32.1. The van der Waals surface area contributed by atoms with Crippen LogP contribution < -0.4 is 0 Å². The summed E-state index contributed by atoms with van der Waals surface area (Å²) in [6.45, 7) is 0.350. The summed E-state index contributed by atoms with van der Waals surface area (Å²) in [6.07, 6.45) is -0.488. The first-order chi connectivity index (χ1) is 11.5. The summed E-state index contributed by atoms with van der Waals surface area (Å²) in [5.74, 6) is -0.496. The second-order valence-corrected chi connectivity index (χ2v) is 6.36. The molecule has 24 heavy (non-hydrogen) atoms. The Hall–Kier alpha value is -2.38. The number of benzene rings is 1. The van der Waals surface area contributed by atoms with Crippen molar-refractivity contribution in [1.29, 1.82) is 0 Å². The molecule has 0 aliphatic carbocycles. The monoisotopic (exact) mass is 347 g/mol. The molecule has 1 N–H and O–H groups in total. The summed E-state index contributed by atoms with van der Waals surface area (Å²) in [6, 6.07) is 9.37. The van der Waals surface area contributed by atoms with Crippen molar-refractivity contribution in [2.45, 2.75) is 12.2 Å². The van der Waals surface area contributed by atoms with Crippen LogP contribution >= 0.6 is 11.3 Å². The first-order valence-electron chi connectivity index (χ1n) is 7.36. The summed E-state index contributed by atoms with van der Waals surface area (Å²) < 4.78 is 9.94. The van der Waals surface area contributed by atoms with Crippen LogP contribution in [-0.2, 0) is 21.7 Å². The van der Waals surface area contributed by atoms with Gasteiger partial charge in [-0.25, -0.2) is 9.59 Å². The molecule has 1 fully saturated rings. The van der Waals surface area contributed by atoms with Gasteiger partial charge in [0.2, 0.25) is 0 Å². The quantitative estimate of drug-likeness (QED) is 0.860. The molecule has 1 aliphatic heterocycles. The van der Waals surface area contributed by atoms with Crippen LogP contribution in [0.15, 0.2) is 41.1 Å². The fraction of sp³-hybridized carbons (Fsp3) is 0.294. The Morgan fingerprint density at radius 3 is 2.62 bits per heavy atom. The van der Waals surface area contributed by atoms with Gasteiger partial charge in [0.05, 0.1) is 25.8 Å². The number of carbonyl (C=O) groups is 2. The number of nitrogens with zero attached hydrogens (tertiary/aromatic N) is 1. The molecule has 1 aromatic heterocycles. The minimum atomic E-state index is -1.24. The molecule has 0 radical (unpaired) electrons. The number of likely N-dealkylation sites (tertiary alicyclic amines) is 1. The molecule has 1 amide bonds. The van der Waals surface area contributed by atoms with E-state index in [2.05, 4.69) is 0 Å². The van der Waals surface area contributed by atoms with E-state index in [-0.39, 0.29) is 19.7 Å². The number of carbonyl (C=O) groups excluding carboxylic acids is 2. The lowest BCUT2D eigenvalue weighted by Gasteiger charge is -2.45. The number of β-amino-alcohol motifs (C(OH)–C–C–N with tert-alkyl or cyclic N) is 1. The van der Waals surface area contributed by atoms with Crippen molar-refractivity contribution in [3.8, 4) is 0 Å². The maximum absolute atomic E-state index is 12.0. The number of rotatable bonds is 4. The average molecular weight is 347 g/mol. The third-order valence-electron chi connectivity index (χ3n) is 3.94. The highest BCUT2D eigenvalue weighted by Gasteiger charge is 2.48. The van der Waals surface area contributed by atoms with Crippen LogP contribution in [0, 0.1) is 0 Å². The van der Waals surface area contributed by atoms with E-state index in [0.717, 1.165) is 5.56 Å². The van der Waals surface area contributed by atoms with Crippen LogP contribution in [0.3, 0.4) is 0 Å². The molecule has 0 bridgehead atoms. The number of thiophene rings is 1. The van der Waals surface area contributed by atoms with E-state index in [1.54, 1.807) is 10.8 Å². The molecule has 0 unspecified atom stereocenters. The zero-order valence-electron chi connectivity index (χ0n) is 13.1. The number of aliphatic hydroxyl groups is 1. The number of amides is 1. The summed E-state index contributed by atoms with van der Waals surface area (Å²) in [5.41, 5.74) is 0.483. The summed E-state index contributed by atoms with van der Waals surface area (Å²) in [4.78, 5) is 25.2. The smallest absolute Gasteiger partial charge is 0.410 e. The van der Waals surface area contributed by atoms with E-state index in [0.29, 0.717) is 11.1 Å². The van der Waals surface area contributed by atoms with Gasteiger partial charge >= 0.3 is 12.1 Å². The van der Waals surface area contributed by atoms with Crippen LogP contribution in [0.1, 0.15) is 21.5 Å². The molecule has 7 heteroatoms. The first kappa shape index (κ1) is 16.5. The van der Waals surface area contributed by atoms with Crippen LogP contribution in [0.4, 0.5) is 4.79 Å². The van der Waals surface area contributed by atoms with Crippen molar-refractivity contribution in [2.24, 2.45) is 0 Å². The molecule has 0 atom stereocenters. The molecular weight excluding hydrogens is 330 g/mol. The molecule has 3 rings (SSSR count). The third kappa shape index (κ3) is 3.13. The van der Waals surface area contributed by atoms with Gasteiger partial charge in [-0.2, -0.15) is 11.3 Å². The average Bonchev–Trinajstić information content (AvgIpc) is 3.07. The van der Waals surface area contributed by atoms with Crippen LogP contribution in [0.2, 0.25) is 0 Å². The predicted molar refractivity (Wildman–Crippen MR) is 87.8 cm³/mol. The van der Waals surface area contributed by atoms with Gasteiger partial charge in [0.1, 0.15) is 12.2 Å². The number of methoxy groups -OCH3 is 1. The van der Waals surface area contributed by atoms with E-state index >= 15 is 0 Å². The highest BCUT2D eigenvalue weighted by Crippen LogP contribution is 2.36. The van der Waals surface area contributed by atoms with Crippen LogP contribution in [-0.4, -0.2) is 42.3 Å². The fourth-order valence-corrected chi connectivity index (χ4v) is 3.53. The molecule has 2 aromatic rings. The number of ether oxygens (including phenoxy) is 2. The molecular formula is C17H17NO5S. The summed E-state index contributed by atoms with van der Waals surface area (Å²) >= 11 is 1.31. The van der Waals surface area contributed by atoms with Gasteiger partial charge in [0.15, 0.2) is 0 Å². The number of hydrogen-bond donors (Lipinski definition) is 1. The summed E-state index contributed by atoms with van der Waals surface area (Å²) in [5, 5.41) is 14.0. The standard InChI is InChI=1S/C17H17NO5S/c1-22-15(19)13-8-24-9-14(13)17(21)10-18(11-17)16(20)23-7-12-5-3-2-4-6-12/h2-6,8-9,21H,7,10-11H2,1H3. The van der Waals surface area contributed by atoms with Gasteiger partial charge in [-0.3, -0.25) is 0 Å². The Labute approximate surface area is 143 Å². The molecule has 0 spiro atoms. The van der Waals surface area contributed by atoms with E-state index in [4.69, 9.17) is 9.47 Å². The number of esters is 1. The molecule has 0 saturated carbocycles. The van der Waals surface area contributed by atoms with Gasteiger partial charge < -0.3 is 19.5 Å². The third-order valence-corrected chi connectivity index (χ3v) is 4.68. The van der Waals surface area contributed by atoms with Gasteiger partial charge in [-0.15, -0.1) is 0 Å². The zero-order chi connectivity index (χ0) is 17.2. The topological polar surface area (TPSA) is 76.1 Å². The lowest BCUT2D eigenvalue weighted by Crippen LogP contribution is -2.61. The zero-order valence-corrected chi connectivity index (χ0v) is 13.9. The molecule has 2 heterocycles. The highest BCUT2D eigenvalue weighted by molar-refractivity contribution is 7.08. The van der Waals surface area contributed by atoms with Gasteiger partial charge in [-0.05, 0) is 10.9 Å². The van der Waals surface area contributed by atoms with Crippen molar-refractivity contribution in [3.05, 3.63) is 57.8 Å². The largest absolute Gasteiger partial charge is 0.465 e. The van der Waals surface area contributed by atoms with Crippen LogP contribution in [0.5, 0.6) is 0 Å². The Morgan fingerprint density at radius 1 is 1.25 bits per heavy atom. The van der Waals surface area contributed by atoms with E-state index in [1.807, 2.05) is 30.3 Å². The van der Waals surface area contributed by atoms with Crippen molar-refractivity contribution >= 4 is 23.4 Å². The van der Waals surface area contributed by atoms with Gasteiger partial charge in [0.25, 0.3) is 0 Å². The molecule has 1 saturated heterocycles. The first-order valence-corrected chi connectivity index (χ1v) is 8.31. The second kappa shape index (κ2) is 6.62. The molecule has 1 aliphatic rings. The minimum absolute atomic E-state index is 0.0847. The SMILES string of the molecule is COC(=O)c1cscc1C1(O)CN(C(=O)OCc2ccccc2)C1. The Bertz CT molecular complexity index is 736. The Kier molecular flexibility index (Phi) is 4.55. The lowest BCUT2D eigenvalue weighted by atomic mass is 9.86. The second-order valence-electron chi connectivity index (χ2n) is 5.62. The molecule has 1 aromatic carbocycles. The molecule has 126 valence electrons. The maximum atomic E-state index is 12.0. The van der Waals surface area contributed by atoms with Crippen molar-refractivity contribution in [2.75, 3.05) is 20.2 Å².